The molecule has 0 aromatic carbocycles. The van der Waals surface area contributed by atoms with Gasteiger partial charge in [0, 0.05) is 6.20 Å². The Morgan fingerprint density at radius 3 is 2.45 bits per heavy atom. The number of halogens is 3. The zero-order chi connectivity index (χ0) is 8.48. The van der Waals surface area contributed by atoms with Crippen molar-refractivity contribution in [3.05, 3.63) is 16.1 Å². The zero-order valence-electron chi connectivity index (χ0n) is 5.22. The first-order valence-corrected chi connectivity index (χ1v) is 3.48. The van der Waals surface area contributed by atoms with Gasteiger partial charge in [-0.05, 0) is 0 Å². The van der Waals surface area contributed by atoms with Crippen LogP contribution in [0.2, 0.25) is 0 Å². The van der Waals surface area contributed by atoms with Crippen LogP contribution in [0.1, 0.15) is 9.88 Å². The fraction of sp³-hybridized carbons (Fsp3) is 0.400. The molecule has 0 spiro atoms. The van der Waals surface area contributed by atoms with Gasteiger partial charge in [-0.2, -0.15) is 13.2 Å². The number of nitrogens with zero attached hydrogens (tertiary/aromatic N) is 1. The van der Waals surface area contributed by atoms with Gasteiger partial charge in [0.1, 0.15) is 0 Å². The van der Waals surface area contributed by atoms with E-state index in [0.717, 1.165) is 6.20 Å². The van der Waals surface area contributed by atoms with Crippen LogP contribution >= 0.6 is 11.3 Å². The lowest BCUT2D eigenvalue weighted by Crippen LogP contribution is -2.02. The highest BCUT2D eigenvalue weighted by molar-refractivity contribution is 7.11. The molecule has 0 aliphatic carbocycles. The summed E-state index contributed by atoms with van der Waals surface area (Å²) in [5.74, 6) is 0. The molecule has 0 radical (unpaired) electrons. The molecule has 11 heavy (non-hydrogen) atoms. The molecule has 1 aromatic rings. The SMILES string of the molecule is OCc1cnc(C(F)(F)F)s1. The zero-order valence-corrected chi connectivity index (χ0v) is 6.04. The fourth-order valence-electron chi connectivity index (χ4n) is 0.512. The predicted octanol–water partition coefficient (Wildman–Crippen LogP) is 1.65. The lowest BCUT2D eigenvalue weighted by Gasteiger charge is -1.98. The Kier molecular flexibility index (Phi) is 2.15. The van der Waals surface area contributed by atoms with Crippen molar-refractivity contribution >= 4 is 11.3 Å². The lowest BCUT2D eigenvalue weighted by atomic mass is 10.6. The predicted molar refractivity (Wildman–Crippen MR) is 33.0 cm³/mol. The summed E-state index contributed by atoms with van der Waals surface area (Å²) in [6.07, 6.45) is -3.37. The van der Waals surface area contributed by atoms with E-state index in [1.165, 1.54) is 0 Å². The lowest BCUT2D eigenvalue weighted by molar-refractivity contribution is -0.137. The summed E-state index contributed by atoms with van der Waals surface area (Å²) in [6.45, 7) is -0.395. The summed E-state index contributed by atoms with van der Waals surface area (Å²) in [5, 5.41) is 7.50. The van der Waals surface area contributed by atoms with E-state index in [0.29, 0.717) is 11.3 Å². The summed E-state index contributed by atoms with van der Waals surface area (Å²) in [7, 11) is 0. The standard InChI is InChI=1S/C5H4F3NOS/c6-5(7,8)4-9-1-3(2-10)11-4/h1,10H,2H2. The first-order valence-electron chi connectivity index (χ1n) is 2.67. The Labute approximate surface area is 64.3 Å². The monoisotopic (exact) mass is 183 g/mol. The molecule has 6 heteroatoms. The fourth-order valence-corrected chi connectivity index (χ4v) is 1.15. The van der Waals surface area contributed by atoms with Crippen LogP contribution in [0.4, 0.5) is 13.2 Å². The molecule has 2 nitrogen and oxygen atoms in total. The van der Waals surface area contributed by atoms with Gasteiger partial charge in [-0.15, -0.1) is 11.3 Å². The van der Waals surface area contributed by atoms with Crippen molar-refractivity contribution in [3.8, 4) is 0 Å². The van der Waals surface area contributed by atoms with Crippen LogP contribution in [0.25, 0.3) is 0 Å². The van der Waals surface area contributed by atoms with Gasteiger partial charge in [0.25, 0.3) is 0 Å². The van der Waals surface area contributed by atoms with Crippen molar-refractivity contribution in [2.45, 2.75) is 12.8 Å². The van der Waals surface area contributed by atoms with Crippen molar-refractivity contribution in [3.63, 3.8) is 0 Å². The Morgan fingerprint density at radius 2 is 2.18 bits per heavy atom. The van der Waals surface area contributed by atoms with E-state index in [2.05, 4.69) is 4.98 Å². The van der Waals surface area contributed by atoms with Gasteiger partial charge in [0.05, 0.1) is 11.5 Å². The molecule has 0 saturated heterocycles. The topological polar surface area (TPSA) is 33.1 Å². The van der Waals surface area contributed by atoms with Gasteiger partial charge >= 0.3 is 6.18 Å². The molecule has 0 aliphatic heterocycles. The number of thiazole rings is 1. The Bertz CT molecular complexity index is 244. The molecule has 0 amide bonds. The van der Waals surface area contributed by atoms with E-state index in [9.17, 15) is 13.2 Å². The van der Waals surface area contributed by atoms with Crippen LogP contribution in [-0.4, -0.2) is 10.1 Å². The number of rotatable bonds is 1. The minimum absolute atomic E-state index is 0.220. The average molecular weight is 183 g/mol. The molecule has 0 fully saturated rings. The highest BCUT2D eigenvalue weighted by Gasteiger charge is 2.34. The second-order valence-electron chi connectivity index (χ2n) is 1.79. The highest BCUT2D eigenvalue weighted by atomic mass is 32.1. The molecule has 1 heterocycles. The van der Waals surface area contributed by atoms with E-state index < -0.39 is 17.8 Å². The Balaban J connectivity index is 2.89. The van der Waals surface area contributed by atoms with Gasteiger partial charge < -0.3 is 5.11 Å². The van der Waals surface area contributed by atoms with Gasteiger partial charge in [0.2, 0.25) is 0 Å². The molecule has 0 bridgehead atoms. The third kappa shape index (κ3) is 1.90. The normalized spacial score (nSPS) is 12.0. The minimum atomic E-state index is -4.39. The van der Waals surface area contributed by atoms with Crippen LogP contribution in [0, 0.1) is 0 Å². The van der Waals surface area contributed by atoms with E-state index >= 15 is 0 Å². The molecule has 0 aliphatic rings. The highest BCUT2D eigenvalue weighted by Crippen LogP contribution is 2.32. The van der Waals surface area contributed by atoms with Crippen LogP contribution in [0.5, 0.6) is 0 Å². The number of aliphatic hydroxyl groups is 1. The second kappa shape index (κ2) is 2.78. The first-order chi connectivity index (χ1) is 5.04. The maximum absolute atomic E-state index is 11.8. The van der Waals surface area contributed by atoms with Gasteiger partial charge in [-0.3, -0.25) is 0 Å². The summed E-state index contributed by atoms with van der Waals surface area (Å²) in [4.78, 5) is 3.31. The largest absolute Gasteiger partial charge is 0.443 e. The van der Waals surface area contributed by atoms with Crippen LogP contribution < -0.4 is 0 Å². The maximum atomic E-state index is 11.8. The molecule has 0 unspecified atom stereocenters. The number of alkyl halides is 3. The first kappa shape index (κ1) is 8.48. The summed E-state index contributed by atoms with van der Waals surface area (Å²) in [5.41, 5.74) is 0. The molecule has 0 atom stereocenters. The van der Waals surface area contributed by atoms with Crippen LogP contribution in [0.3, 0.4) is 0 Å². The van der Waals surface area contributed by atoms with Crippen molar-refractivity contribution in [2.24, 2.45) is 0 Å². The molecule has 1 N–H and O–H groups in total. The van der Waals surface area contributed by atoms with E-state index in [-0.39, 0.29) is 4.88 Å². The van der Waals surface area contributed by atoms with Crippen molar-refractivity contribution in [1.29, 1.82) is 0 Å². The average Bonchev–Trinajstić information content (AvgIpc) is 2.32. The maximum Gasteiger partial charge on any atom is 0.443 e. The van der Waals surface area contributed by atoms with E-state index in [4.69, 9.17) is 5.11 Å². The number of aliphatic hydroxyl groups excluding tert-OH is 1. The van der Waals surface area contributed by atoms with Crippen molar-refractivity contribution in [2.75, 3.05) is 0 Å². The smallest absolute Gasteiger partial charge is 0.391 e. The summed E-state index contributed by atoms with van der Waals surface area (Å²) < 4.78 is 35.4. The van der Waals surface area contributed by atoms with Crippen LogP contribution in [-0.2, 0) is 12.8 Å². The van der Waals surface area contributed by atoms with Gasteiger partial charge in [-0.25, -0.2) is 4.98 Å². The molecule has 1 aromatic heterocycles. The molecule has 1 rings (SSSR count). The Hall–Kier alpha value is -0.620. The number of hydrogen-bond acceptors (Lipinski definition) is 3. The van der Waals surface area contributed by atoms with Crippen LogP contribution in [0.15, 0.2) is 6.20 Å². The number of aromatic nitrogens is 1. The van der Waals surface area contributed by atoms with E-state index in [1.54, 1.807) is 0 Å². The number of hydrogen-bond donors (Lipinski definition) is 1. The molecular weight excluding hydrogens is 179 g/mol. The van der Waals surface area contributed by atoms with Crippen molar-refractivity contribution in [1.82, 2.24) is 4.98 Å². The van der Waals surface area contributed by atoms with Crippen molar-refractivity contribution < 1.29 is 18.3 Å². The quantitative estimate of drug-likeness (QED) is 0.718. The second-order valence-corrected chi connectivity index (χ2v) is 2.90. The Morgan fingerprint density at radius 1 is 1.55 bits per heavy atom. The minimum Gasteiger partial charge on any atom is -0.391 e. The molecule has 0 saturated carbocycles. The molecule has 62 valence electrons. The van der Waals surface area contributed by atoms with Gasteiger partial charge in [0.15, 0.2) is 5.01 Å². The van der Waals surface area contributed by atoms with Gasteiger partial charge in [-0.1, -0.05) is 0 Å². The third-order valence-electron chi connectivity index (χ3n) is 0.952. The third-order valence-corrected chi connectivity index (χ3v) is 1.98. The molecular formula is C5H4F3NOS. The summed E-state index contributed by atoms with van der Waals surface area (Å²) >= 11 is 0.454. The summed E-state index contributed by atoms with van der Waals surface area (Å²) in [6, 6.07) is 0. The van der Waals surface area contributed by atoms with E-state index in [1.807, 2.05) is 0 Å².